The maximum absolute atomic E-state index is 12.9. The second kappa shape index (κ2) is 46.4. The fraction of sp³-hybridized carbons (Fsp3) is 0.911. The standard InChI is InChI=1S/C56H107NO8/c1-3-5-7-9-11-12-13-14-15-16-17-18-19-20-21-22-23-24-25-26-27-28-29-30-31-32-33-34-35-36-37-38-40-42-44-46-52(60)57-49(50(59)45-43-41-39-10-8-6-4-2)48-64-56-55(63)54(62)53(61)51(47-58)65-56/h8,10,43,45,49-51,53-56,58-59,61-63H,3-7,9,11-42,44,46-48H2,1-2H3,(H,57,60)/b10-8+,45-43+. The Morgan fingerprint density at radius 3 is 1.26 bits per heavy atom. The number of carbonyl (C=O) groups excluding carboxylic acids is 1. The summed E-state index contributed by atoms with van der Waals surface area (Å²) in [5, 5.41) is 54.0. The van der Waals surface area contributed by atoms with Crippen LogP contribution in [0.4, 0.5) is 0 Å². The molecule has 1 aliphatic heterocycles. The van der Waals surface area contributed by atoms with Gasteiger partial charge in [0.2, 0.25) is 5.91 Å². The summed E-state index contributed by atoms with van der Waals surface area (Å²) in [4.78, 5) is 12.9. The third-order valence-electron chi connectivity index (χ3n) is 13.5. The summed E-state index contributed by atoms with van der Waals surface area (Å²) >= 11 is 0. The molecule has 0 radical (unpaired) electrons. The molecule has 0 aromatic heterocycles. The van der Waals surface area contributed by atoms with Gasteiger partial charge in [0, 0.05) is 6.42 Å². The zero-order valence-electron chi connectivity index (χ0n) is 42.5. The van der Waals surface area contributed by atoms with Crippen molar-refractivity contribution in [1.29, 1.82) is 0 Å². The highest BCUT2D eigenvalue weighted by atomic mass is 16.7. The van der Waals surface area contributed by atoms with E-state index in [4.69, 9.17) is 9.47 Å². The van der Waals surface area contributed by atoms with Gasteiger partial charge in [0.15, 0.2) is 6.29 Å². The number of nitrogens with one attached hydrogen (secondary N) is 1. The van der Waals surface area contributed by atoms with Crippen LogP contribution in [0, 0.1) is 0 Å². The van der Waals surface area contributed by atoms with Gasteiger partial charge in [-0.05, 0) is 25.7 Å². The molecule has 0 aromatic rings. The Hall–Kier alpha value is -1.33. The van der Waals surface area contributed by atoms with Gasteiger partial charge in [-0.1, -0.05) is 263 Å². The van der Waals surface area contributed by atoms with E-state index in [2.05, 4.69) is 31.3 Å². The Labute approximate surface area is 400 Å². The van der Waals surface area contributed by atoms with Crippen molar-refractivity contribution in [3.63, 3.8) is 0 Å². The van der Waals surface area contributed by atoms with Crippen molar-refractivity contribution in [2.24, 2.45) is 0 Å². The zero-order chi connectivity index (χ0) is 47.3. The summed E-state index contributed by atoms with van der Waals surface area (Å²) in [5.74, 6) is -0.187. The maximum Gasteiger partial charge on any atom is 0.220 e. The van der Waals surface area contributed by atoms with Crippen molar-refractivity contribution >= 4 is 5.91 Å². The second-order valence-electron chi connectivity index (χ2n) is 19.7. The lowest BCUT2D eigenvalue weighted by Gasteiger charge is -2.40. The lowest BCUT2D eigenvalue weighted by molar-refractivity contribution is -0.302. The number of allylic oxidation sites excluding steroid dienone is 3. The van der Waals surface area contributed by atoms with Crippen molar-refractivity contribution in [3.05, 3.63) is 24.3 Å². The molecule has 1 aliphatic rings. The second-order valence-corrected chi connectivity index (χ2v) is 19.7. The number of rotatable bonds is 48. The molecule has 65 heavy (non-hydrogen) atoms. The molecular formula is C56H107NO8. The molecule has 0 saturated carbocycles. The molecule has 7 unspecified atom stereocenters. The maximum atomic E-state index is 12.9. The van der Waals surface area contributed by atoms with E-state index < -0.39 is 49.5 Å². The summed E-state index contributed by atoms with van der Waals surface area (Å²) in [6, 6.07) is -0.815. The SMILES string of the molecule is CCC/C=C/CC/C=C/C(O)C(COC1OC(CO)C(O)C(O)C1O)NC(=O)CCCCCCCCCCCCCCCCCCCCCCCCCCCCCCCCCCCCC. The Bertz CT molecular complexity index is 1070. The normalized spacial score (nSPS) is 20.0. The molecule has 1 amide bonds. The van der Waals surface area contributed by atoms with Crippen molar-refractivity contribution < 1.29 is 39.8 Å². The molecule has 1 fully saturated rings. The number of hydrogen-bond donors (Lipinski definition) is 6. The molecule has 384 valence electrons. The lowest BCUT2D eigenvalue weighted by atomic mass is 9.99. The summed E-state index contributed by atoms with van der Waals surface area (Å²) in [6.45, 7) is 3.67. The average Bonchev–Trinajstić information content (AvgIpc) is 3.31. The third kappa shape index (κ3) is 36.3. The first-order chi connectivity index (χ1) is 31.8. The Balaban J connectivity index is 1.99. The van der Waals surface area contributed by atoms with E-state index in [0.717, 1.165) is 44.9 Å². The highest BCUT2D eigenvalue weighted by molar-refractivity contribution is 5.76. The highest BCUT2D eigenvalue weighted by Crippen LogP contribution is 2.23. The minimum absolute atomic E-state index is 0.187. The van der Waals surface area contributed by atoms with Crippen molar-refractivity contribution in [3.8, 4) is 0 Å². The minimum atomic E-state index is -1.57. The van der Waals surface area contributed by atoms with E-state index in [9.17, 15) is 30.3 Å². The molecule has 9 nitrogen and oxygen atoms in total. The minimum Gasteiger partial charge on any atom is -0.394 e. The number of aliphatic hydroxyl groups excluding tert-OH is 5. The van der Waals surface area contributed by atoms with Crippen LogP contribution in [0.2, 0.25) is 0 Å². The largest absolute Gasteiger partial charge is 0.394 e. The van der Waals surface area contributed by atoms with Crippen LogP contribution in [-0.4, -0.2) is 87.5 Å². The lowest BCUT2D eigenvalue weighted by Crippen LogP contribution is -2.60. The molecule has 1 saturated heterocycles. The zero-order valence-corrected chi connectivity index (χ0v) is 42.5. The molecule has 1 rings (SSSR count). The predicted molar refractivity (Wildman–Crippen MR) is 272 cm³/mol. The van der Waals surface area contributed by atoms with Crippen LogP contribution in [0.3, 0.4) is 0 Å². The van der Waals surface area contributed by atoms with Crippen molar-refractivity contribution in [1.82, 2.24) is 5.32 Å². The molecule has 7 atom stereocenters. The van der Waals surface area contributed by atoms with E-state index in [1.54, 1.807) is 6.08 Å². The molecule has 0 aliphatic carbocycles. The van der Waals surface area contributed by atoms with Crippen LogP contribution in [0.5, 0.6) is 0 Å². The van der Waals surface area contributed by atoms with Gasteiger partial charge in [-0.25, -0.2) is 0 Å². The first-order valence-electron chi connectivity index (χ1n) is 28.1. The molecule has 1 heterocycles. The molecule has 0 bridgehead atoms. The van der Waals surface area contributed by atoms with Crippen LogP contribution < -0.4 is 5.32 Å². The summed E-state index contributed by atoms with van der Waals surface area (Å²) in [7, 11) is 0. The summed E-state index contributed by atoms with van der Waals surface area (Å²) < 4.78 is 11.2. The van der Waals surface area contributed by atoms with Gasteiger partial charge < -0.3 is 40.3 Å². The van der Waals surface area contributed by atoms with Gasteiger partial charge >= 0.3 is 0 Å². The fourth-order valence-corrected chi connectivity index (χ4v) is 9.07. The molecule has 0 spiro atoms. The van der Waals surface area contributed by atoms with Crippen LogP contribution >= 0.6 is 0 Å². The van der Waals surface area contributed by atoms with Crippen molar-refractivity contribution in [2.75, 3.05) is 13.2 Å². The van der Waals surface area contributed by atoms with E-state index >= 15 is 0 Å². The van der Waals surface area contributed by atoms with Gasteiger partial charge in [0.05, 0.1) is 25.4 Å². The number of unbranched alkanes of at least 4 members (excludes halogenated alkanes) is 36. The number of aliphatic hydroxyl groups is 5. The smallest absolute Gasteiger partial charge is 0.220 e. The third-order valence-corrected chi connectivity index (χ3v) is 13.5. The first kappa shape index (κ1) is 61.7. The molecular weight excluding hydrogens is 815 g/mol. The van der Waals surface area contributed by atoms with Crippen LogP contribution in [0.25, 0.3) is 0 Å². The number of ether oxygens (including phenoxy) is 2. The van der Waals surface area contributed by atoms with Gasteiger partial charge in [0.1, 0.15) is 24.4 Å². The van der Waals surface area contributed by atoms with E-state index in [-0.39, 0.29) is 12.5 Å². The Kier molecular flexibility index (Phi) is 44.0. The summed E-state index contributed by atoms with van der Waals surface area (Å²) in [5.41, 5.74) is 0. The topological polar surface area (TPSA) is 149 Å². The van der Waals surface area contributed by atoms with E-state index in [1.807, 2.05) is 6.08 Å². The number of hydrogen-bond acceptors (Lipinski definition) is 8. The molecule has 9 heteroatoms. The molecule has 6 N–H and O–H groups in total. The van der Waals surface area contributed by atoms with Crippen molar-refractivity contribution in [2.45, 2.75) is 314 Å². The Morgan fingerprint density at radius 2 is 0.877 bits per heavy atom. The number of carbonyl (C=O) groups is 1. The summed E-state index contributed by atoms with van der Waals surface area (Å²) in [6.07, 6.45) is 51.8. The quantitative estimate of drug-likeness (QED) is 0.0261. The van der Waals surface area contributed by atoms with Crippen LogP contribution in [-0.2, 0) is 14.3 Å². The molecule has 0 aromatic carbocycles. The number of amides is 1. The van der Waals surface area contributed by atoms with E-state index in [1.165, 1.54) is 205 Å². The first-order valence-corrected chi connectivity index (χ1v) is 28.1. The van der Waals surface area contributed by atoms with E-state index in [0.29, 0.717) is 6.42 Å². The fourth-order valence-electron chi connectivity index (χ4n) is 9.07. The van der Waals surface area contributed by atoms with Crippen LogP contribution in [0.1, 0.15) is 271 Å². The van der Waals surface area contributed by atoms with Gasteiger partial charge in [-0.2, -0.15) is 0 Å². The van der Waals surface area contributed by atoms with Gasteiger partial charge in [-0.15, -0.1) is 0 Å². The monoisotopic (exact) mass is 922 g/mol. The average molecular weight is 922 g/mol. The highest BCUT2D eigenvalue weighted by Gasteiger charge is 2.44. The predicted octanol–water partition coefficient (Wildman–Crippen LogP) is 13.4. The Morgan fingerprint density at radius 1 is 0.508 bits per heavy atom. The van der Waals surface area contributed by atoms with Gasteiger partial charge in [0.25, 0.3) is 0 Å². The van der Waals surface area contributed by atoms with Crippen LogP contribution in [0.15, 0.2) is 24.3 Å². The van der Waals surface area contributed by atoms with Gasteiger partial charge in [-0.3, -0.25) is 4.79 Å².